The summed E-state index contributed by atoms with van der Waals surface area (Å²) >= 11 is 0. The lowest BCUT2D eigenvalue weighted by Crippen LogP contribution is -2.19. The second-order valence-corrected chi connectivity index (χ2v) is 5.15. The predicted molar refractivity (Wildman–Crippen MR) is 60.1 cm³/mol. The van der Waals surface area contributed by atoms with E-state index in [4.69, 9.17) is 5.73 Å². The van der Waals surface area contributed by atoms with Crippen LogP contribution in [0.4, 0.5) is 0 Å². The summed E-state index contributed by atoms with van der Waals surface area (Å²) in [5.41, 5.74) is 9.19. The van der Waals surface area contributed by atoms with Gasteiger partial charge < -0.3 is 5.73 Å². The molecule has 2 aromatic rings. The van der Waals surface area contributed by atoms with Gasteiger partial charge in [-0.3, -0.25) is 0 Å². The molecule has 16 heavy (non-hydrogen) atoms. The smallest absolute Gasteiger partial charge is 0.155 e. The molecule has 4 heteroatoms. The van der Waals surface area contributed by atoms with Gasteiger partial charge in [0.15, 0.2) is 5.65 Å². The molecule has 2 fully saturated rings. The SMILES string of the molecule is NC1(c2cc3ncc(C4CC4)cn3n2)CC1. The largest absolute Gasteiger partial charge is 0.320 e. The van der Waals surface area contributed by atoms with Crippen LogP contribution in [-0.2, 0) is 5.54 Å². The molecule has 0 radical (unpaired) electrons. The van der Waals surface area contributed by atoms with Crippen molar-refractivity contribution in [3.63, 3.8) is 0 Å². The third kappa shape index (κ3) is 1.19. The second kappa shape index (κ2) is 2.63. The maximum Gasteiger partial charge on any atom is 0.155 e. The van der Waals surface area contributed by atoms with Crippen molar-refractivity contribution in [3.05, 3.63) is 29.7 Å². The molecule has 0 bridgehead atoms. The van der Waals surface area contributed by atoms with Crippen LogP contribution in [0, 0.1) is 0 Å². The van der Waals surface area contributed by atoms with E-state index in [0.29, 0.717) is 0 Å². The Hall–Kier alpha value is -1.42. The van der Waals surface area contributed by atoms with E-state index in [1.807, 2.05) is 16.8 Å². The van der Waals surface area contributed by atoms with Gasteiger partial charge in [-0.25, -0.2) is 9.50 Å². The number of aromatic nitrogens is 3. The normalized spacial score (nSPS) is 22.6. The third-order valence-electron chi connectivity index (χ3n) is 3.68. The summed E-state index contributed by atoms with van der Waals surface area (Å²) in [4.78, 5) is 4.45. The summed E-state index contributed by atoms with van der Waals surface area (Å²) in [6.07, 6.45) is 8.77. The molecule has 4 rings (SSSR count). The Morgan fingerprint density at radius 1 is 1.38 bits per heavy atom. The molecule has 0 saturated heterocycles. The molecule has 0 aromatic carbocycles. The number of fused-ring (bicyclic) bond motifs is 1. The first-order chi connectivity index (χ1) is 7.74. The summed E-state index contributed by atoms with van der Waals surface area (Å²) in [5, 5.41) is 4.55. The molecule has 4 nitrogen and oxygen atoms in total. The average molecular weight is 214 g/mol. The van der Waals surface area contributed by atoms with E-state index in [2.05, 4.69) is 16.3 Å². The molecular weight excluding hydrogens is 200 g/mol. The predicted octanol–water partition coefficient (Wildman–Crippen LogP) is 1.55. The van der Waals surface area contributed by atoms with Crippen molar-refractivity contribution in [2.75, 3.05) is 0 Å². The van der Waals surface area contributed by atoms with Crippen molar-refractivity contribution >= 4 is 5.65 Å². The van der Waals surface area contributed by atoms with Crippen LogP contribution in [0.25, 0.3) is 5.65 Å². The Labute approximate surface area is 93.5 Å². The van der Waals surface area contributed by atoms with Crippen molar-refractivity contribution < 1.29 is 0 Å². The fourth-order valence-electron chi connectivity index (χ4n) is 2.15. The Kier molecular flexibility index (Phi) is 1.43. The zero-order chi connectivity index (χ0) is 10.8. The van der Waals surface area contributed by atoms with Crippen LogP contribution in [0.5, 0.6) is 0 Å². The zero-order valence-corrected chi connectivity index (χ0v) is 9.06. The quantitative estimate of drug-likeness (QED) is 0.825. The van der Waals surface area contributed by atoms with Gasteiger partial charge in [-0.15, -0.1) is 0 Å². The molecule has 2 saturated carbocycles. The minimum absolute atomic E-state index is 0.159. The first kappa shape index (κ1) is 8.70. The highest BCUT2D eigenvalue weighted by Gasteiger charge is 2.42. The van der Waals surface area contributed by atoms with Gasteiger partial charge in [-0.05, 0) is 37.2 Å². The zero-order valence-electron chi connectivity index (χ0n) is 9.06. The third-order valence-corrected chi connectivity index (χ3v) is 3.68. The lowest BCUT2D eigenvalue weighted by molar-refractivity contribution is 0.690. The summed E-state index contributed by atoms with van der Waals surface area (Å²) < 4.78 is 1.88. The molecule has 2 aromatic heterocycles. The van der Waals surface area contributed by atoms with Gasteiger partial charge in [0, 0.05) is 18.5 Å². The van der Waals surface area contributed by atoms with E-state index >= 15 is 0 Å². The Bertz CT molecular complexity index is 563. The van der Waals surface area contributed by atoms with Crippen molar-refractivity contribution in [3.8, 4) is 0 Å². The fourth-order valence-corrected chi connectivity index (χ4v) is 2.15. The highest BCUT2D eigenvalue weighted by molar-refractivity contribution is 5.43. The lowest BCUT2D eigenvalue weighted by Gasteiger charge is -2.01. The number of hydrogen-bond acceptors (Lipinski definition) is 3. The van der Waals surface area contributed by atoms with E-state index in [0.717, 1.165) is 30.1 Å². The van der Waals surface area contributed by atoms with Crippen molar-refractivity contribution in [2.45, 2.75) is 37.1 Å². The van der Waals surface area contributed by atoms with Gasteiger partial charge in [-0.2, -0.15) is 5.10 Å². The standard InChI is InChI=1S/C12H14N4/c13-12(3-4-12)10-5-11-14-6-9(8-1-2-8)7-16(11)15-10/h5-8H,1-4,13H2. The minimum atomic E-state index is -0.159. The van der Waals surface area contributed by atoms with Gasteiger partial charge in [0.05, 0.1) is 11.2 Å². The molecule has 2 heterocycles. The van der Waals surface area contributed by atoms with Crippen LogP contribution in [0.1, 0.15) is 42.9 Å². The Balaban J connectivity index is 1.84. The number of rotatable bonds is 2. The molecule has 0 unspecified atom stereocenters. The first-order valence-electron chi connectivity index (χ1n) is 5.89. The average Bonchev–Trinajstić information content (AvgIpc) is 3.19. The highest BCUT2D eigenvalue weighted by atomic mass is 15.3. The monoisotopic (exact) mass is 214 g/mol. The molecule has 0 aliphatic heterocycles. The maximum absolute atomic E-state index is 6.14. The summed E-state index contributed by atoms with van der Waals surface area (Å²) in [7, 11) is 0. The molecule has 2 N–H and O–H groups in total. The van der Waals surface area contributed by atoms with E-state index in [9.17, 15) is 0 Å². The van der Waals surface area contributed by atoms with E-state index < -0.39 is 0 Å². The number of hydrogen-bond donors (Lipinski definition) is 1. The fraction of sp³-hybridized carbons (Fsp3) is 0.500. The Morgan fingerprint density at radius 3 is 2.88 bits per heavy atom. The van der Waals surface area contributed by atoms with Gasteiger partial charge in [0.2, 0.25) is 0 Å². The molecule has 0 amide bonds. The van der Waals surface area contributed by atoms with E-state index in [1.54, 1.807) is 0 Å². The molecule has 2 aliphatic rings. The highest BCUT2D eigenvalue weighted by Crippen LogP contribution is 2.42. The number of nitrogens with two attached hydrogens (primary N) is 1. The topological polar surface area (TPSA) is 56.2 Å². The van der Waals surface area contributed by atoms with Gasteiger partial charge >= 0.3 is 0 Å². The lowest BCUT2D eigenvalue weighted by atomic mass is 10.2. The van der Waals surface area contributed by atoms with Crippen LogP contribution >= 0.6 is 0 Å². The molecule has 0 spiro atoms. The first-order valence-corrected chi connectivity index (χ1v) is 5.89. The molecule has 0 atom stereocenters. The summed E-state index contributed by atoms with van der Waals surface area (Å²) in [5.74, 6) is 0.720. The number of nitrogens with zero attached hydrogens (tertiary/aromatic N) is 3. The van der Waals surface area contributed by atoms with Crippen LogP contribution in [0.15, 0.2) is 18.5 Å². The van der Waals surface area contributed by atoms with Gasteiger partial charge in [-0.1, -0.05) is 0 Å². The Morgan fingerprint density at radius 2 is 2.19 bits per heavy atom. The van der Waals surface area contributed by atoms with Crippen LogP contribution < -0.4 is 5.73 Å². The molecule has 82 valence electrons. The van der Waals surface area contributed by atoms with E-state index in [1.165, 1.54) is 18.4 Å². The molecular formula is C12H14N4. The summed E-state index contributed by atoms with van der Waals surface area (Å²) in [6, 6.07) is 2.02. The van der Waals surface area contributed by atoms with Crippen molar-refractivity contribution in [1.29, 1.82) is 0 Å². The van der Waals surface area contributed by atoms with Crippen LogP contribution in [0.2, 0.25) is 0 Å². The van der Waals surface area contributed by atoms with Crippen LogP contribution in [0.3, 0.4) is 0 Å². The van der Waals surface area contributed by atoms with Gasteiger partial charge in [0.25, 0.3) is 0 Å². The maximum atomic E-state index is 6.14. The van der Waals surface area contributed by atoms with Crippen molar-refractivity contribution in [2.24, 2.45) is 5.73 Å². The molecule has 2 aliphatic carbocycles. The minimum Gasteiger partial charge on any atom is -0.320 e. The van der Waals surface area contributed by atoms with Crippen molar-refractivity contribution in [1.82, 2.24) is 14.6 Å². The second-order valence-electron chi connectivity index (χ2n) is 5.15. The van der Waals surface area contributed by atoms with Gasteiger partial charge in [0.1, 0.15) is 0 Å². The van der Waals surface area contributed by atoms with Crippen LogP contribution in [-0.4, -0.2) is 14.6 Å². The summed E-state index contributed by atoms with van der Waals surface area (Å²) in [6.45, 7) is 0. The van der Waals surface area contributed by atoms with E-state index in [-0.39, 0.29) is 5.54 Å².